The van der Waals surface area contributed by atoms with Gasteiger partial charge in [0.1, 0.15) is 5.38 Å². The van der Waals surface area contributed by atoms with Crippen LogP contribution in [0.25, 0.3) is 0 Å². The van der Waals surface area contributed by atoms with E-state index in [1.54, 1.807) is 6.20 Å². The van der Waals surface area contributed by atoms with E-state index in [4.69, 9.17) is 39.8 Å². The van der Waals surface area contributed by atoms with E-state index < -0.39 is 0 Å². The first kappa shape index (κ1) is 49.9. The van der Waals surface area contributed by atoms with Crippen LogP contribution in [0.1, 0.15) is 108 Å². The third-order valence-corrected chi connectivity index (χ3v) is 17.2. The van der Waals surface area contributed by atoms with Crippen molar-refractivity contribution >= 4 is 80.8 Å². The molecule has 65 heavy (non-hydrogen) atoms. The Balaban J connectivity index is 0.000000147. The number of benzene rings is 2. The molecule has 15 heteroatoms. The lowest BCUT2D eigenvalue weighted by molar-refractivity contribution is 0.0962. The summed E-state index contributed by atoms with van der Waals surface area (Å²) < 4.78 is 2.05. The largest absolute Gasteiger partial charge is 0.437 e. The summed E-state index contributed by atoms with van der Waals surface area (Å²) in [5.41, 5.74) is 9.82. The molecule has 2 aromatic carbocycles. The quantitative estimate of drug-likeness (QED) is 0.135. The van der Waals surface area contributed by atoms with E-state index in [2.05, 4.69) is 80.9 Å². The molecule has 6 heterocycles. The van der Waals surface area contributed by atoms with Crippen molar-refractivity contribution in [1.29, 1.82) is 0 Å². The lowest BCUT2D eigenvalue weighted by Crippen LogP contribution is -2.46. The summed E-state index contributed by atoms with van der Waals surface area (Å²) in [5.74, 6) is 3.47. The topological polar surface area (TPSA) is 88.0 Å². The number of nitrogens with zero attached hydrogens (tertiary/aromatic N) is 5. The van der Waals surface area contributed by atoms with Gasteiger partial charge < -0.3 is 25.0 Å². The van der Waals surface area contributed by atoms with E-state index in [0.29, 0.717) is 0 Å². The van der Waals surface area contributed by atoms with Crippen molar-refractivity contribution in [3.8, 4) is 0 Å². The fourth-order valence-corrected chi connectivity index (χ4v) is 13.2. The van der Waals surface area contributed by atoms with E-state index in [1.807, 2.05) is 44.1 Å². The molecule has 0 spiro atoms. The summed E-state index contributed by atoms with van der Waals surface area (Å²) in [7, 11) is -0.562. The molecule has 0 saturated carbocycles. The van der Waals surface area contributed by atoms with Crippen LogP contribution in [0.5, 0.6) is 0 Å². The Morgan fingerprint density at radius 1 is 0.569 bits per heavy atom. The highest BCUT2D eigenvalue weighted by atomic mass is 79.9. The lowest BCUT2D eigenvalue weighted by Gasteiger charge is -2.43. The average molecular weight is 1070 g/mol. The number of nitrogens with one attached hydrogen (secondary N) is 1. The maximum absolute atomic E-state index is 9.87. The maximum Gasteiger partial charge on any atom is 0.376 e. The number of likely N-dealkylation sites (tertiary alicyclic amines) is 1. The molecular weight excluding hydrogens is 1000 g/mol. The second-order valence-corrected chi connectivity index (χ2v) is 22.5. The van der Waals surface area contributed by atoms with Gasteiger partial charge >= 0.3 is 14.1 Å². The van der Waals surface area contributed by atoms with E-state index in [1.165, 1.54) is 98.0 Å². The van der Waals surface area contributed by atoms with Crippen LogP contribution in [-0.4, -0.2) is 101 Å². The van der Waals surface area contributed by atoms with E-state index >= 15 is 0 Å². The second-order valence-electron chi connectivity index (χ2n) is 19.3. The van der Waals surface area contributed by atoms with Gasteiger partial charge in [-0.1, -0.05) is 35.3 Å². The minimum absolute atomic E-state index is 0.192. The molecule has 2 atom stereocenters. The molecule has 2 aromatic heterocycles. The Bertz CT molecular complexity index is 2090. The Kier molecular flexibility index (Phi) is 17.9. The number of aryl methyl sites for hydroxylation is 4. The van der Waals surface area contributed by atoms with Crippen molar-refractivity contribution in [2.75, 3.05) is 52.4 Å². The molecule has 4 aliphatic heterocycles. The highest BCUT2D eigenvalue weighted by Crippen LogP contribution is 2.42. The summed E-state index contributed by atoms with van der Waals surface area (Å²) in [6, 6.07) is 16.9. The summed E-state index contributed by atoms with van der Waals surface area (Å²) in [6.45, 7) is 12.7. The third kappa shape index (κ3) is 12.6. The third-order valence-electron chi connectivity index (χ3n) is 15.4. The molecule has 0 bridgehead atoms. The first-order valence-electron chi connectivity index (χ1n) is 24.2. The number of halogens is 5. The highest BCUT2D eigenvalue weighted by Gasteiger charge is 2.36. The van der Waals surface area contributed by atoms with Crippen LogP contribution >= 0.6 is 66.7 Å². The summed E-state index contributed by atoms with van der Waals surface area (Å²) in [5, 5.41) is 24.2. The fourth-order valence-electron chi connectivity index (χ4n) is 11.7. The van der Waals surface area contributed by atoms with Crippen LogP contribution in [0.2, 0.25) is 23.7 Å². The Morgan fingerprint density at radius 3 is 1.49 bits per heavy atom. The molecule has 8 nitrogen and oxygen atoms in total. The molecule has 4 aromatic rings. The Morgan fingerprint density at radius 2 is 0.985 bits per heavy atom. The smallest absolute Gasteiger partial charge is 0.376 e. The zero-order valence-electron chi connectivity index (χ0n) is 38.1. The zero-order valence-corrected chi connectivity index (χ0v) is 43.5. The Hall–Kier alpha value is -1.54. The molecule has 0 radical (unpaired) electrons. The standard InChI is InChI=1S/C25H32BBrClN3O.C14H10BrCl2N.C11H23BN2O/c1-26(32)31-12-8-18(9-13-31)17-6-10-30(11-7-17)25-23-5-4-22(28)15-19(23)2-3-20-14-21(27)16-29-24(20)25;15-10-5-9-2-1-8-6-11(16)3-4-12(8)13(17)14(9)18-7-10;1-12(15)14-8-4-11(5-9-14)10-2-6-13-7-3-10/h4-5,14-18,25,32H,2-3,6-13H2,1H3;3-7,13H,1-2H2;10-11,13,15H,2-9H2,1H3. The van der Waals surface area contributed by atoms with Crippen molar-refractivity contribution in [3.63, 3.8) is 0 Å². The monoisotopic (exact) mass is 1070 g/mol. The zero-order chi connectivity index (χ0) is 45.6. The van der Waals surface area contributed by atoms with Crippen LogP contribution in [0.4, 0.5) is 0 Å². The van der Waals surface area contributed by atoms with Crippen molar-refractivity contribution in [2.45, 2.75) is 102 Å². The SMILES string of the molecule is CB(O)N1CCC(C2CCN(C3c4ccc(Cl)cc4CCc4cc(Br)cnc43)CC2)CC1.CB(O)N1CCC(C2CCNCC2)CC1.Clc1ccc2c(c1)CCc1cc(Br)cnc1C2Cl. The normalized spacial score (nSPS) is 22.7. The molecular formula is C50H65B2Br2Cl3N6O2. The van der Waals surface area contributed by atoms with Crippen molar-refractivity contribution in [1.82, 2.24) is 29.8 Å². The predicted octanol–water partition coefficient (Wildman–Crippen LogP) is 11.0. The first-order valence-corrected chi connectivity index (χ1v) is 27.0. The number of pyridine rings is 2. The van der Waals surface area contributed by atoms with Gasteiger partial charge in [0.25, 0.3) is 0 Å². The van der Waals surface area contributed by atoms with Gasteiger partial charge in [-0.2, -0.15) is 0 Å². The number of hydrogen-bond donors (Lipinski definition) is 3. The molecule has 4 fully saturated rings. The van der Waals surface area contributed by atoms with Gasteiger partial charge in [0.2, 0.25) is 0 Å². The summed E-state index contributed by atoms with van der Waals surface area (Å²) in [4.78, 5) is 16.5. The second kappa shape index (κ2) is 23.4. The molecule has 2 aliphatic carbocycles. The molecule has 4 saturated heterocycles. The molecule has 10 rings (SSSR count). The van der Waals surface area contributed by atoms with Crippen LogP contribution in [0.3, 0.4) is 0 Å². The van der Waals surface area contributed by atoms with E-state index in [9.17, 15) is 10.0 Å². The average Bonchev–Trinajstić information content (AvgIpc) is 3.56. The molecule has 348 valence electrons. The minimum Gasteiger partial charge on any atom is -0.437 e. The van der Waals surface area contributed by atoms with Gasteiger partial charge in [0, 0.05) is 31.4 Å². The van der Waals surface area contributed by atoms with Gasteiger partial charge in [-0.3, -0.25) is 14.9 Å². The molecule has 0 amide bonds. The van der Waals surface area contributed by atoms with Crippen LogP contribution in [0, 0.1) is 23.7 Å². The summed E-state index contributed by atoms with van der Waals surface area (Å²) in [6.07, 6.45) is 17.9. The van der Waals surface area contributed by atoms with Gasteiger partial charge in [-0.05, 0) is 268 Å². The van der Waals surface area contributed by atoms with Gasteiger partial charge in [-0.25, -0.2) is 0 Å². The van der Waals surface area contributed by atoms with Crippen molar-refractivity contribution in [3.05, 3.63) is 125 Å². The predicted molar refractivity (Wildman–Crippen MR) is 277 cm³/mol. The highest BCUT2D eigenvalue weighted by molar-refractivity contribution is 9.10. The van der Waals surface area contributed by atoms with Crippen LogP contribution in [0.15, 0.2) is 69.9 Å². The Labute approximate surface area is 420 Å². The first-order chi connectivity index (χ1) is 31.4. The van der Waals surface area contributed by atoms with E-state index in [-0.39, 0.29) is 25.5 Å². The van der Waals surface area contributed by atoms with Crippen LogP contribution in [-0.2, 0) is 25.7 Å². The fraction of sp³-hybridized carbons (Fsp3) is 0.560. The number of piperidine rings is 4. The molecule has 3 N–H and O–H groups in total. The van der Waals surface area contributed by atoms with Crippen molar-refractivity contribution in [2.24, 2.45) is 23.7 Å². The number of fused-ring (bicyclic) bond motifs is 4. The molecule has 6 aliphatic rings. The minimum atomic E-state index is -0.311. The maximum atomic E-state index is 9.87. The van der Waals surface area contributed by atoms with E-state index in [0.717, 1.165) is 119 Å². The van der Waals surface area contributed by atoms with Gasteiger partial charge in [0.05, 0.1) is 17.4 Å². The van der Waals surface area contributed by atoms with Gasteiger partial charge in [0.15, 0.2) is 0 Å². The summed E-state index contributed by atoms with van der Waals surface area (Å²) >= 11 is 26.1. The number of rotatable bonds is 5. The van der Waals surface area contributed by atoms with Gasteiger partial charge in [-0.15, -0.1) is 11.6 Å². The van der Waals surface area contributed by atoms with Crippen molar-refractivity contribution < 1.29 is 10.0 Å². The number of hydrogen-bond acceptors (Lipinski definition) is 8. The lowest BCUT2D eigenvalue weighted by atomic mass is 9.75. The number of alkyl halides is 1. The number of aromatic nitrogens is 2. The van der Waals surface area contributed by atoms with Crippen LogP contribution < -0.4 is 5.32 Å². The molecule has 2 unspecified atom stereocenters.